The van der Waals surface area contributed by atoms with Crippen LogP contribution in [-0.2, 0) is 0 Å². The van der Waals surface area contributed by atoms with Crippen molar-refractivity contribution in [2.75, 3.05) is 0 Å². The molecule has 13 heavy (non-hydrogen) atoms. The van der Waals surface area contributed by atoms with Crippen LogP contribution in [0.1, 0.15) is 0 Å². The molecule has 12 radical (unpaired) electrons. The molecule has 0 aromatic heterocycles. The molecule has 0 unspecified atom stereocenters. The Balaban J connectivity index is 4.74. The van der Waals surface area contributed by atoms with Gasteiger partial charge in [-0.15, -0.1) is 0 Å². The fourth-order valence-electron chi connectivity index (χ4n) is 1.10. The third-order valence-corrected chi connectivity index (χ3v) is 2.43. The molecule has 1 N–H and O–H groups in total. The highest BCUT2D eigenvalue weighted by molar-refractivity contribution is 14.1. The van der Waals surface area contributed by atoms with Gasteiger partial charge in [0, 0.05) is 94.8 Å². The highest BCUT2D eigenvalue weighted by Gasteiger charge is 2.34. The molecule has 0 aromatic carbocycles. The lowest BCUT2D eigenvalue weighted by molar-refractivity contribution is 1.80. The van der Waals surface area contributed by atoms with Crippen LogP contribution >= 0.6 is 22.9 Å². The van der Waals surface area contributed by atoms with Crippen molar-refractivity contribution in [2.24, 2.45) is 0 Å². The molecule has 46 valence electrons. The van der Waals surface area contributed by atoms with Crippen LogP contribution in [0.3, 0.4) is 0 Å². The Bertz CT molecular complexity index is 123. The first kappa shape index (κ1) is 12.5. The van der Waals surface area contributed by atoms with Crippen LogP contribution in [0.25, 0.3) is 0 Å². The summed E-state index contributed by atoms with van der Waals surface area (Å²) < 4.78 is 8.47. The Labute approximate surface area is 106 Å². The zero-order chi connectivity index (χ0) is 11.5. The molecule has 0 heterocycles. The van der Waals surface area contributed by atoms with Gasteiger partial charge in [-0.05, 0) is 0 Å². The van der Waals surface area contributed by atoms with Gasteiger partial charge in [0.2, 0.25) is 0 Å². The third-order valence-electron chi connectivity index (χ3n) is 1.79. The molecule has 0 atom stereocenters. The van der Waals surface area contributed by atoms with E-state index in [0.717, 1.165) is 3.43 Å². The second-order valence-electron chi connectivity index (χ2n) is 2.90. The van der Waals surface area contributed by atoms with Crippen LogP contribution in [-0.4, -0.2) is 78.6 Å². The first-order chi connectivity index (χ1) is 6.29. The fraction of sp³-hybridized carbons (Fsp3) is 0. The zero-order valence-electron chi connectivity index (χ0n) is 8.18. The van der Waals surface area contributed by atoms with E-state index >= 15 is 0 Å². The minimum Gasteiger partial charge on any atom is -0.319 e. The second kappa shape index (κ2) is 6.81. The number of nitrogens with one attached hydrogen (secondary N) is 1. The molecule has 0 spiro atoms. The van der Waals surface area contributed by atoms with Crippen molar-refractivity contribution >= 4 is 101 Å². The molecule has 0 bridgehead atoms. The molecule has 0 saturated heterocycles. The van der Waals surface area contributed by atoms with Gasteiger partial charge in [0.05, 0.1) is 0 Å². The highest BCUT2D eigenvalue weighted by atomic mass is 127. The SMILES string of the molecule is [3H]N(I)B(B([B])[B])B(B([B])[B])B([B])[B]. The van der Waals surface area contributed by atoms with Crippen molar-refractivity contribution in [3.05, 3.63) is 0 Å². The van der Waals surface area contributed by atoms with E-state index in [1.807, 2.05) is 0 Å². The number of rotatable bonds is 5. The van der Waals surface area contributed by atoms with Gasteiger partial charge in [-0.1, -0.05) is 0 Å². The van der Waals surface area contributed by atoms with Crippen molar-refractivity contribution < 1.29 is 1.41 Å². The molecular weight excluding hydrogens is 260 g/mol. The maximum atomic E-state index is 7.42. The Hall–Kier alpha value is 1.40. The van der Waals surface area contributed by atoms with Gasteiger partial charge in [0.1, 0.15) is 8.04 Å². The standard InChI is InChI=1S/B11HIN/c1-7(2)10(8(3)4)11(13-12)9(5)6/h13H/i/hT. The highest BCUT2D eigenvalue weighted by Crippen LogP contribution is 1.95. The number of hydrogen-bond acceptors (Lipinski definition) is 1. The summed E-state index contributed by atoms with van der Waals surface area (Å²) in [5, 5.41) is 0. The summed E-state index contributed by atoms with van der Waals surface area (Å²) in [5.41, 5.74) is 0. The normalized spacial score (nSPS) is 10.5. The lowest BCUT2D eigenvalue weighted by Gasteiger charge is -2.29. The van der Waals surface area contributed by atoms with Gasteiger partial charge in [-0.2, -0.15) is 0 Å². The Kier molecular flexibility index (Phi) is 6.53. The number of hydrogen-bond donors (Lipinski definition) is 1. The molecule has 0 aliphatic carbocycles. The average Bonchev–Trinajstić information content (AvgIpc) is 1.96. The van der Waals surface area contributed by atoms with Gasteiger partial charge in [-0.3, -0.25) is 0 Å². The minimum atomic E-state index is -0.779. The monoisotopic (exact) mass is 265 g/mol. The third kappa shape index (κ3) is 4.63. The molecule has 0 aromatic rings. The van der Waals surface area contributed by atoms with E-state index in [4.69, 9.17) is 47.8 Å². The van der Waals surface area contributed by atoms with E-state index in [-0.39, 0.29) is 0 Å². The van der Waals surface area contributed by atoms with E-state index in [1.54, 1.807) is 22.9 Å². The molecule has 0 rings (SSSR count). The van der Waals surface area contributed by atoms with E-state index in [9.17, 15) is 0 Å². The van der Waals surface area contributed by atoms with E-state index in [0.29, 0.717) is 0 Å². The van der Waals surface area contributed by atoms with Crippen LogP contribution in [0.2, 0.25) is 1.41 Å². The maximum absolute atomic E-state index is 7.42. The molecule has 0 amide bonds. The minimum absolute atomic E-state index is 0.538. The van der Waals surface area contributed by atoms with Crippen LogP contribution in [0.5, 0.6) is 0 Å². The number of halogens is 1. The van der Waals surface area contributed by atoms with E-state index in [1.165, 1.54) is 0 Å². The summed E-state index contributed by atoms with van der Waals surface area (Å²) in [4.78, 5) is 0. The van der Waals surface area contributed by atoms with Crippen molar-refractivity contribution in [2.45, 2.75) is 0 Å². The van der Waals surface area contributed by atoms with Crippen molar-refractivity contribution in [1.82, 2.24) is 3.43 Å². The lowest BCUT2D eigenvalue weighted by Crippen LogP contribution is -2.70. The van der Waals surface area contributed by atoms with Gasteiger partial charge in [0.15, 0.2) is 0 Å². The van der Waals surface area contributed by atoms with Crippen LogP contribution in [0.4, 0.5) is 0 Å². The smallest absolute Gasteiger partial charge is 0.129 e. The lowest BCUT2D eigenvalue weighted by atomic mass is 8.57. The molecule has 13 heteroatoms. The van der Waals surface area contributed by atoms with Gasteiger partial charge < -0.3 is 3.43 Å². The topological polar surface area (TPSA) is 12.0 Å². The predicted octanol–water partition coefficient (Wildman–Crippen LogP) is -3.80. The predicted molar refractivity (Wildman–Crippen MR) is 80.4 cm³/mol. The van der Waals surface area contributed by atoms with Crippen LogP contribution in [0, 0.1) is 0 Å². The fourth-order valence-corrected chi connectivity index (χ4v) is 1.84. The molecule has 0 aliphatic rings. The summed E-state index contributed by atoms with van der Waals surface area (Å²) in [6.07, 6.45) is -2.85. The van der Waals surface area contributed by atoms with Gasteiger partial charge in [0.25, 0.3) is 0 Å². The average molecular weight is 263 g/mol. The van der Waals surface area contributed by atoms with Crippen molar-refractivity contribution in [1.29, 1.82) is 0 Å². The Morgan fingerprint density at radius 1 is 0.923 bits per heavy atom. The quantitative estimate of drug-likeness (QED) is 0.305. The largest absolute Gasteiger partial charge is 0.319 e. The summed E-state index contributed by atoms with van der Waals surface area (Å²) >= 11 is 1.72. The molecule has 0 fully saturated rings. The van der Waals surface area contributed by atoms with Crippen molar-refractivity contribution in [3.63, 3.8) is 0 Å². The van der Waals surface area contributed by atoms with Crippen molar-refractivity contribution in [3.8, 4) is 0 Å². The van der Waals surface area contributed by atoms with Crippen LogP contribution < -0.4 is 3.43 Å². The van der Waals surface area contributed by atoms with E-state index in [2.05, 4.69) is 0 Å². The maximum Gasteiger partial charge on any atom is 0.129 e. The summed E-state index contributed by atoms with van der Waals surface area (Å²) in [7, 11) is 33.0. The first-order valence-electron chi connectivity index (χ1n) is 4.21. The summed E-state index contributed by atoms with van der Waals surface area (Å²) in [5.74, 6) is 0. The second-order valence-corrected chi connectivity index (χ2v) is 3.45. The Morgan fingerprint density at radius 3 is 1.38 bits per heavy atom. The van der Waals surface area contributed by atoms with Gasteiger partial charge >= 0.3 is 0 Å². The molecule has 1 nitrogen and oxygen atoms in total. The first-order valence-corrected chi connectivity index (χ1v) is 4.73. The Morgan fingerprint density at radius 2 is 1.31 bits per heavy atom. The van der Waals surface area contributed by atoms with E-state index < -0.39 is 32.2 Å². The molecular formula is HB11IN. The summed E-state index contributed by atoms with van der Waals surface area (Å²) in [6, 6.07) is 0. The summed E-state index contributed by atoms with van der Waals surface area (Å²) in [6.45, 7) is -0.587. The zero-order valence-corrected chi connectivity index (χ0v) is 9.33. The molecule has 0 saturated carbocycles. The molecule has 0 aliphatic heterocycles. The van der Waals surface area contributed by atoms with Crippen LogP contribution in [0.15, 0.2) is 0 Å². The van der Waals surface area contributed by atoms with Gasteiger partial charge in [-0.25, -0.2) is 0 Å².